The molecule has 1 unspecified atom stereocenters. The molecule has 4 rings (SSSR count). The highest BCUT2D eigenvalue weighted by molar-refractivity contribution is 8.14. The molecule has 2 heterocycles. The average Bonchev–Trinajstić information content (AvgIpc) is 3.41. The predicted octanol–water partition coefficient (Wildman–Crippen LogP) is 4.92. The Kier molecular flexibility index (Phi) is 6.90. The van der Waals surface area contributed by atoms with Crippen molar-refractivity contribution in [3.05, 3.63) is 78.3 Å². The molecule has 1 atom stereocenters. The van der Waals surface area contributed by atoms with Crippen LogP contribution in [-0.2, 0) is 15.6 Å². The molecular formula is C24H24N2O5S2. The summed E-state index contributed by atoms with van der Waals surface area (Å²) in [7, 11) is -3.58. The normalized spacial score (nSPS) is 17.5. The van der Waals surface area contributed by atoms with Crippen molar-refractivity contribution >= 4 is 38.4 Å². The molecule has 33 heavy (non-hydrogen) atoms. The van der Waals surface area contributed by atoms with Gasteiger partial charge in [0.1, 0.15) is 22.9 Å². The third-order valence-corrected chi connectivity index (χ3v) is 7.86. The zero-order chi connectivity index (χ0) is 23.4. The second-order valence-electron chi connectivity index (χ2n) is 7.47. The molecule has 1 aromatic heterocycles. The molecule has 1 aliphatic heterocycles. The highest BCUT2D eigenvalue weighted by Gasteiger charge is 2.35. The molecule has 1 fully saturated rings. The maximum atomic E-state index is 13.3. The number of aliphatic imine (C=N–C) groups is 1. The van der Waals surface area contributed by atoms with Gasteiger partial charge in [0.2, 0.25) is 0 Å². The Balaban J connectivity index is 1.57. The van der Waals surface area contributed by atoms with Crippen LogP contribution in [0.15, 0.2) is 81.0 Å². The van der Waals surface area contributed by atoms with Crippen LogP contribution in [0, 0.1) is 0 Å². The summed E-state index contributed by atoms with van der Waals surface area (Å²) in [4.78, 5) is 19.8. The summed E-state index contributed by atoms with van der Waals surface area (Å²) < 4.78 is 36.6. The number of benzene rings is 2. The lowest BCUT2D eigenvalue weighted by Crippen LogP contribution is -2.37. The summed E-state index contributed by atoms with van der Waals surface area (Å²) in [6, 6.07) is 18.5. The molecule has 0 aliphatic carbocycles. The number of carbonyl (C=O) groups excluding carboxylic acids is 1. The van der Waals surface area contributed by atoms with Crippen LogP contribution in [0.1, 0.15) is 30.2 Å². The number of hydrogen-bond donors (Lipinski definition) is 0. The van der Waals surface area contributed by atoms with E-state index in [2.05, 4.69) is 4.99 Å². The van der Waals surface area contributed by atoms with Crippen molar-refractivity contribution in [2.75, 3.05) is 12.4 Å². The van der Waals surface area contributed by atoms with Gasteiger partial charge in [0.15, 0.2) is 20.8 Å². The van der Waals surface area contributed by atoms with Crippen LogP contribution in [0.2, 0.25) is 0 Å². The lowest BCUT2D eigenvalue weighted by atomic mass is 10.3. The molecule has 1 amide bonds. The van der Waals surface area contributed by atoms with E-state index >= 15 is 0 Å². The van der Waals surface area contributed by atoms with Gasteiger partial charge >= 0.3 is 0 Å². The monoisotopic (exact) mass is 484 g/mol. The number of amides is 1. The molecule has 9 heteroatoms. The van der Waals surface area contributed by atoms with E-state index in [-0.39, 0.29) is 34.1 Å². The summed E-state index contributed by atoms with van der Waals surface area (Å²) >= 11 is 1.48. The first kappa shape index (κ1) is 23.1. The summed E-state index contributed by atoms with van der Waals surface area (Å²) in [5.74, 6) is 0.944. The number of sulfone groups is 1. The molecule has 0 spiro atoms. The molecule has 1 saturated heterocycles. The van der Waals surface area contributed by atoms with Crippen molar-refractivity contribution in [1.29, 1.82) is 0 Å². The van der Waals surface area contributed by atoms with Gasteiger partial charge in [-0.1, -0.05) is 42.1 Å². The van der Waals surface area contributed by atoms with E-state index in [9.17, 15) is 13.2 Å². The minimum Gasteiger partial charge on any atom is -0.492 e. The van der Waals surface area contributed by atoms with Crippen LogP contribution in [0.5, 0.6) is 5.75 Å². The van der Waals surface area contributed by atoms with Crippen molar-refractivity contribution in [2.45, 2.75) is 30.5 Å². The fraction of sp³-hybridized carbons (Fsp3) is 0.250. The Morgan fingerprint density at radius 3 is 2.61 bits per heavy atom. The van der Waals surface area contributed by atoms with Crippen molar-refractivity contribution in [3.8, 4) is 5.75 Å². The second-order valence-corrected chi connectivity index (χ2v) is 10.4. The zero-order valence-electron chi connectivity index (χ0n) is 18.3. The smallest absolute Gasteiger partial charge is 0.295 e. The third kappa shape index (κ3) is 5.15. The molecule has 172 valence electrons. The topological polar surface area (TPSA) is 89.2 Å². The van der Waals surface area contributed by atoms with E-state index in [4.69, 9.17) is 9.15 Å². The van der Waals surface area contributed by atoms with Gasteiger partial charge in [0.25, 0.3) is 5.91 Å². The number of carbonyl (C=O) groups is 1. The summed E-state index contributed by atoms with van der Waals surface area (Å²) in [6.45, 7) is 4.35. The number of hydrogen-bond acceptors (Lipinski definition) is 7. The average molecular weight is 485 g/mol. The van der Waals surface area contributed by atoms with E-state index in [1.54, 1.807) is 23.1 Å². The Morgan fingerprint density at radius 2 is 1.85 bits per heavy atom. The summed E-state index contributed by atoms with van der Waals surface area (Å²) in [5.41, 5.74) is 0.642. The number of rotatable bonds is 7. The van der Waals surface area contributed by atoms with E-state index in [0.717, 1.165) is 0 Å². The van der Waals surface area contributed by atoms with Gasteiger partial charge in [-0.3, -0.25) is 9.69 Å². The number of amidine groups is 1. The molecule has 0 bridgehead atoms. The Hall–Kier alpha value is -3.04. The minimum atomic E-state index is -3.58. The maximum absolute atomic E-state index is 13.3. The minimum absolute atomic E-state index is 0.0772. The van der Waals surface area contributed by atoms with Gasteiger partial charge in [0, 0.05) is 11.8 Å². The number of furan rings is 1. The molecule has 0 radical (unpaired) electrons. The fourth-order valence-electron chi connectivity index (χ4n) is 3.42. The maximum Gasteiger partial charge on any atom is 0.295 e. The number of para-hydroxylation sites is 2. The fourth-order valence-corrected chi connectivity index (χ4v) is 5.79. The quantitative estimate of drug-likeness (QED) is 0.473. The molecule has 3 aromatic rings. The lowest BCUT2D eigenvalue weighted by Gasteiger charge is -2.20. The summed E-state index contributed by atoms with van der Waals surface area (Å²) in [6.07, 6.45) is 0. The first-order chi connectivity index (χ1) is 15.9. The van der Waals surface area contributed by atoms with Crippen LogP contribution in [0.25, 0.3) is 0 Å². The van der Waals surface area contributed by atoms with Crippen LogP contribution >= 0.6 is 11.8 Å². The highest BCUT2D eigenvalue weighted by atomic mass is 32.2. The van der Waals surface area contributed by atoms with Crippen molar-refractivity contribution in [1.82, 2.24) is 4.90 Å². The number of ether oxygens (including phenoxy) is 1. The van der Waals surface area contributed by atoms with E-state index in [0.29, 0.717) is 29.0 Å². The van der Waals surface area contributed by atoms with Crippen LogP contribution in [0.4, 0.5) is 5.69 Å². The lowest BCUT2D eigenvalue weighted by molar-refractivity contribution is 0.0796. The molecule has 7 nitrogen and oxygen atoms in total. The molecule has 2 aromatic carbocycles. The third-order valence-electron chi connectivity index (χ3n) is 5.01. The van der Waals surface area contributed by atoms with E-state index < -0.39 is 9.84 Å². The molecule has 1 aliphatic rings. The Labute approximate surface area is 197 Å². The standard InChI is InChI=1S/C24H24N2O5S2/c1-3-30-21-12-8-7-11-20(21)25-24-26(17(2)15-32-24)23(27)22-14-13-18(31-22)16-33(28,29)19-9-5-4-6-10-19/h4-14,17H,3,15-16H2,1-2H3. The Bertz CT molecular complexity index is 1270. The van der Waals surface area contributed by atoms with Gasteiger partial charge in [-0.25, -0.2) is 13.4 Å². The van der Waals surface area contributed by atoms with Crippen molar-refractivity contribution < 1.29 is 22.4 Å². The van der Waals surface area contributed by atoms with E-state index in [1.807, 2.05) is 38.1 Å². The Morgan fingerprint density at radius 1 is 1.12 bits per heavy atom. The van der Waals surface area contributed by atoms with Gasteiger partial charge in [-0.2, -0.15) is 0 Å². The largest absolute Gasteiger partial charge is 0.492 e. The number of nitrogens with zero attached hydrogens (tertiary/aromatic N) is 2. The van der Waals surface area contributed by atoms with Crippen LogP contribution < -0.4 is 4.74 Å². The van der Waals surface area contributed by atoms with Gasteiger partial charge in [-0.05, 0) is 50.2 Å². The van der Waals surface area contributed by atoms with Crippen LogP contribution in [-0.4, -0.2) is 42.8 Å². The first-order valence-corrected chi connectivity index (χ1v) is 13.2. The molecule has 0 saturated carbocycles. The number of thioether (sulfide) groups is 1. The molecular weight excluding hydrogens is 460 g/mol. The van der Waals surface area contributed by atoms with Crippen molar-refractivity contribution in [2.24, 2.45) is 4.99 Å². The zero-order valence-corrected chi connectivity index (χ0v) is 19.9. The van der Waals surface area contributed by atoms with E-state index in [1.165, 1.54) is 36.0 Å². The SMILES string of the molecule is CCOc1ccccc1N=C1SCC(C)N1C(=O)c1ccc(CS(=O)(=O)c2ccccc2)o1. The first-order valence-electron chi connectivity index (χ1n) is 10.5. The van der Waals surface area contributed by atoms with Gasteiger partial charge < -0.3 is 9.15 Å². The van der Waals surface area contributed by atoms with Crippen LogP contribution in [0.3, 0.4) is 0 Å². The second kappa shape index (κ2) is 9.84. The summed E-state index contributed by atoms with van der Waals surface area (Å²) in [5, 5.41) is 0.550. The predicted molar refractivity (Wildman–Crippen MR) is 129 cm³/mol. The van der Waals surface area contributed by atoms with Gasteiger partial charge in [-0.15, -0.1) is 0 Å². The molecule has 0 N–H and O–H groups in total. The highest BCUT2D eigenvalue weighted by Crippen LogP contribution is 2.33. The van der Waals surface area contributed by atoms with Crippen molar-refractivity contribution in [3.63, 3.8) is 0 Å². The van der Waals surface area contributed by atoms with Gasteiger partial charge in [0.05, 0.1) is 11.5 Å².